The second-order valence-corrected chi connectivity index (χ2v) is 6.55. The molecule has 1 saturated heterocycles. The number of aryl methyl sites for hydroxylation is 2. The first-order valence-electron chi connectivity index (χ1n) is 7.91. The molecule has 4 nitrogen and oxygen atoms in total. The Hall–Kier alpha value is -1.55. The molecule has 4 heteroatoms. The lowest BCUT2D eigenvalue weighted by molar-refractivity contribution is -0.117. The molecule has 1 saturated carbocycles. The zero-order valence-electron chi connectivity index (χ0n) is 12.8. The maximum atomic E-state index is 12.5. The SMILES string of the molecule is Cc1cc(NC(=O)C2CC3CCCCC3N2)c(C)cc1O. The van der Waals surface area contributed by atoms with E-state index in [4.69, 9.17) is 0 Å². The summed E-state index contributed by atoms with van der Waals surface area (Å²) < 4.78 is 0. The first kappa shape index (κ1) is 14.4. The Morgan fingerprint density at radius 2 is 2.00 bits per heavy atom. The maximum absolute atomic E-state index is 12.5. The van der Waals surface area contributed by atoms with Crippen LogP contribution in [0.2, 0.25) is 0 Å². The standard InChI is InChI=1S/C17H24N2O2/c1-10-8-16(20)11(2)7-14(10)19-17(21)15-9-12-5-3-4-6-13(12)18-15/h7-8,12-13,15,18,20H,3-6,9H2,1-2H3,(H,19,21). The van der Waals surface area contributed by atoms with Crippen molar-refractivity contribution >= 4 is 11.6 Å². The molecule has 0 aromatic heterocycles. The van der Waals surface area contributed by atoms with Crippen LogP contribution in [-0.4, -0.2) is 23.1 Å². The minimum Gasteiger partial charge on any atom is -0.508 e. The molecule has 1 heterocycles. The van der Waals surface area contributed by atoms with Crippen molar-refractivity contribution in [2.24, 2.45) is 5.92 Å². The number of phenols is 1. The van der Waals surface area contributed by atoms with E-state index in [0.29, 0.717) is 12.0 Å². The molecule has 1 aromatic carbocycles. The zero-order chi connectivity index (χ0) is 15.0. The molecule has 2 fully saturated rings. The number of rotatable bonds is 2. The molecular weight excluding hydrogens is 264 g/mol. The molecule has 3 unspecified atom stereocenters. The van der Waals surface area contributed by atoms with E-state index in [1.807, 2.05) is 19.9 Å². The highest BCUT2D eigenvalue weighted by Gasteiger charge is 2.38. The van der Waals surface area contributed by atoms with Crippen LogP contribution in [0.25, 0.3) is 0 Å². The molecule has 3 atom stereocenters. The van der Waals surface area contributed by atoms with Crippen molar-refractivity contribution in [1.82, 2.24) is 5.32 Å². The summed E-state index contributed by atoms with van der Waals surface area (Å²) in [6, 6.07) is 3.99. The van der Waals surface area contributed by atoms with Gasteiger partial charge < -0.3 is 15.7 Å². The summed E-state index contributed by atoms with van der Waals surface area (Å²) in [4.78, 5) is 12.5. The van der Waals surface area contributed by atoms with Gasteiger partial charge in [0.2, 0.25) is 5.91 Å². The highest BCUT2D eigenvalue weighted by Crippen LogP contribution is 2.34. The molecule has 2 aliphatic rings. The van der Waals surface area contributed by atoms with Gasteiger partial charge in [-0.25, -0.2) is 0 Å². The zero-order valence-corrected chi connectivity index (χ0v) is 12.8. The summed E-state index contributed by atoms with van der Waals surface area (Å²) in [6.45, 7) is 3.74. The van der Waals surface area contributed by atoms with Crippen LogP contribution in [0.4, 0.5) is 5.69 Å². The summed E-state index contributed by atoms with van der Waals surface area (Å²) >= 11 is 0. The van der Waals surface area contributed by atoms with E-state index >= 15 is 0 Å². The third-order valence-corrected chi connectivity index (χ3v) is 4.98. The summed E-state index contributed by atoms with van der Waals surface area (Å²) in [5.74, 6) is 0.991. The Bertz CT molecular complexity index is 542. The van der Waals surface area contributed by atoms with Crippen LogP contribution in [0.15, 0.2) is 12.1 Å². The molecule has 1 aliphatic heterocycles. The third-order valence-electron chi connectivity index (χ3n) is 4.98. The molecule has 3 rings (SSSR count). The van der Waals surface area contributed by atoms with E-state index in [2.05, 4.69) is 10.6 Å². The second-order valence-electron chi connectivity index (χ2n) is 6.55. The Morgan fingerprint density at radius 3 is 2.76 bits per heavy atom. The molecule has 0 spiro atoms. The van der Waals surface area contributed by atoms with Crippen LogP contribution < -0.4 is 10.6 Å². The van der Waals surface area contributed by atoms with Gasteiger partial charge in [0.1, 0.15) is 5.75 Å². The van der Waals surface area contributed by atoms with Gasteiger partial charge in [-0.3, -0.25) is 4.79 Å². The predicted molar refractivity (Wildman–Crippen MR) is 83.5 cm³/mol. The normalized spacial score (nSPS) is 28.2. The monoisotopic (exact) mass is 288 g/mol. The van der Waals surface area contributed by atoms with E-state index < -0.39 is 0 Å². The van der Waals surface area contributed by atoms with Gasteiger partial charge in [0, 0.05) is 11.7 Å². The number of carbonyl (C=O) groups is 1. The lowest BCUT2D eigenvalue weighted by atomic mass is 9.85. The number of hydrogen-bond donors (Lipinski definition) is 3. The first-order chi connectivity index (χ1) is 10.0. The number of aromatic hydroxyl groups is 1. The second kappa shape index (κ2) is 5.68. The van der Waals surface area contributed by atoms with Gasteiger partial charge in [-0.05, 0) is 62.3 Å². The Labute approximate surface area is 125 Å². The number of carbonyl (C=O) groups excluding carboxylic acids is 1. The van der Waals surface area contributed by atoms with Gasteiger partial charge in [-0.2, -0.15) is 0 Å². The van der Waals surface area contributed by atoms with Gasteiger partial charge in [0.05, 0.1) is 6.04 Å². The summed E-state index contributed by atoms with van der Waals surface area (Å²) in [6.07, 6.45) is 5.98. The van der Waals surface area contributed by atoms with Crippen LogP contribution in [0.1, 0.15) is 43.2 Å². The van der Waals surface area contributed by atoms with Crippen molar-refractivity contribution in [3.63, 3.8) is 0 Å². The smallest absolute Gasteiger partial charge is 0.241 e. The van der Waals surface area contributed by atoms with Gasteiger partial charge in [0.15, 0.2) is 0 Å². The third kappa shape index (κ3) is 2.91. The Kier molecular flexibility index (Phi) is 3.89. The molecule has 0 radical (unpaired) electrons. The van der Waals surface area contributed by atoms with Crippen molar-refractivity contribution in [3.8, 4) is 5.75 Å². The molecule has 1 amide bonds. The van der Waals surface area contributed by atoms with E-state index in [0.717, 1.165) is 23.2 Å². The predicted octanol–water partition coefficient (Wildman–Crippen LogP) is 2.87. The average molecular weight is 288 g/mol. The van der Waals surface area contributed by atoms with Crippen LogP contribution in [0.5, 0.6) is 5.75 Å². The number of fused-ring (bicyclic) bond motifs is 1. The number of anilines is 1. The largest absolute Gasteiger partial charge is 0.508 e. The maximum Gasteiger partial charge on any atom is 0.241 e. The summed E-state index contributed by atoms with van der Waals surface area (Å²) in [5.41, 5.74) is 2.47. The van der Waals surface area contributed by atoms with E-state index in [1.165, 1.54) is 25.7 Å². The molecule has 114 valence electrons. The lowest BCUT2D eigenvalue weighted by Gasteiger charge is -2.24. The van der Waals surface area contributed by atoms with E-state index in [9.17, 15) is 9.90 Å². The molecule has 0 bridgehead atoms. The number of benzene rings is 1. The highest BCUT2D eigenvalue weighted by molar-refractivity contribution is 5.96. The fourth-order valence-electron chi connectivity index (χ4n) is 3.68. The number of amides is 1. The summed E-state index contributed by atoms with van der Waals surface area (Å²) in [5, 5.41) is 16.2. The van der Waals surface area contributed by atoms with Gasteiger partial charge in [0.25, 0.3) is 0 Å². The van der Waals surface area contributed by atoms with Gasteiger partial charge >= 0.3 is 0 Å². The molecule has 3 N–H and O–H groups in total. The average Bonchev–Trinajstić information content (AvgIpc) is 2.88. The van der Waals surface area contributed by atoms with Gasteiger partial charge in [-0.15, -0.1) is 0 Å². The number of nitrogens with one attached hydrogen (secondary N) is 2. The molecule has 1 aromatic rings. The number of phenolic OH excluding ortho intramolecular Hbond substituents is 1. The molecular formula is C17H24N2O2. The first-order valence-corrected chi connectivity index (χ1v) is 7.91. The topological polar surface area (TPSA) is 61.4 Å². The Balaban J connectivity index is 1.68. The van der Waals surface area contributed by atoms with Crippen molar-refractivity contribution in [3.05, 3.63) is 23.3 Å². The van der Waals surface area contributed by atoms with Crippen molar-refractivity contribution in [2.75, 3.05) is 5.32 Å². The fraction of sp³-hybridized carbons (Fsp3) is 0.588. The molecule has 21 heavy (non-hydrogen) atoms. The van der Waals surface area contributed by atoms with Crippen LogP contribution >= 0.6 is 0 Å². The van der Waals surface area contributed by atoms with Crippen LogP contribution in [0, 0.1) is 19.8 Å². The van der Waals surface area contributed by atoms with E-state index in [1.54, 1.807) is 6.07 Å². The highest BCUT2D eigenvalue weighted by atomic mass is 16.3. The van der Waals surface area contributed by atoms with Crippen molar-refractivity contribution in [2.45, 2.75) is 58.0 Å². The minimum absolute atomic E-state index is 0.0533. The molecule has 1 aliphatic carbocycles. The summed E-state index contributed by atoms with van der Waals surface area (Å²) in [7, 11) is 0. The lowest BCUT2D eigenvalue weighted by Crippen LogP contribution is -2.40. The van der Waals surface area contributed by atoms with Gasteiger partial charge in [-0.1, -0.05) is 12.8 Å². The fourth-order valence-corrected chi connectivity index (χ4v) is 3.68. The number of hydrogen-bond acceptors (Lipinski definition) is 3. The quantitative estimate of drug-likeness (QED) is 0.733. The Morgan fingerprint density at radius 1 is 1.24 bits per heavy atom. The van der Waals surface area contributed by atoms with Crippen molar-refractivity contribution in [1.29, 1.82) is 0 Å². The minimum atomic E-state index is -0.0772. The van der Waals surface area contributed by atoms with Crippen LogP contribution in [-0.2, 0) is 4.79 Å². The van der Waals surface area contributed by atoms with E-state index in [-0.39, 0.29) is 17.7 Å². The van der Waals surface area contributed by atoms with Crippen LogP contribution in [0.3, 0.4) is 0 Å². The van der Waals surface area contributed by atoms with Crippen molar-refractivity contribution < 1.29 is 9.90 Å².